The topological polar surface area (TPSA) is 29.1 Å². The number of nitrogens with one attached hydrogen (secondary N) is 1. The van der Waals surface area contributed by atoms with Gasteiger partial charge in [0.25, 0.3) is 0 Å². The van der Waals surface area contributed by atoms with Gasteiger partial charge in [0.2, 0.25) is 0 Å². The van der Waals surface area contributed by atoms with E-state index in [0.717, 1.165) is 12.1 Å². The van der Waals surface area contributed by atoms with Crippen LogP contribution in [0.25, 0.3) is 0 Å². The SMILES string of the molecule is CCc1ccc(NCC(=O)c2ccc(F)cc2)cc1. The Hall–Kier alpha value is -2.16. The Morgan fingerprint density at radius 3 is 2.26 bits per heavy atom. The molecule has 0 aliphatic carbocycles. The van der Waals surface area contributed by atoms with Gasteiger partial charge in [-0.1, -0.05) is 19.1 Å². The summed E-state index contributed by atoms with van der Waals surface area (Å²) in [6.45, 7) is 2.30. The van der Waals surface area contributed by atoms with Crippen LogP contribution >= 0.6 is 0 Å². The van der Waals surface area contributed by atoms with Crippen molar-refractivity contribution in [3.8, 4) is 0 Å². The lowest BCUT2D eigenvalue weighted by Gasteiger charge is -2.06. The molecule has 2 rings (SSSR count). The van der Waals surface area contributed by atoms with Crippen LogP contribution in [0.3, 0.4) is 0 Å². The van der Waals surface area contributed by atoms with Crippen molar-refractivity contribution >= 4 is 11.5 Å². The van der Waals surface area contributed by atoms with Gasteiger partial charge < -0.3 is 5.32 Å². The van der Waals surface area contributed by atoms with Crippen molar-refractivity contribution in [2.75, 3.05) is 11.9 Å². The molecule has 0 amide bonds. The van der Waals surface area contributed by atoms with Crippen LogP contribution in [-0.2, 0) is 6.42 Å². The van der Waals surface area contributed by atoms with Gasteiger partial charge in [0.05, 0.1) is 6.54 Å². The highest BCUT2D eigenvalue weighted by atomic mass is 19.1. The molecule has 0 heterocycles. The van der Waals surface area contributed by atoms with E-state index in [2.05, 4.69) is 12.2 Å². The van der Waals surface area contributed by atoms with Crippen LogP contribution in [0.1, 0.15) is 22.8 Å². The molecule has 0 saturated heterocycles. The number of carbonyl (C=O) groups is 1. The van der Waals surface area contributed by atoms with Crippen LogP contribution in [0.2, 0.25) is 0 Å². The number of halogens is 1. The number of carbonyl (C=O) groups excluding carboxylic acids is 1. The van der Waals surface area contributed by atoms with Crippen LogP contribution < -0.4 is 5.32 Å². The van der Waals surface area contributed by atoms with E-state index in [4.69, 9.17) is 0 Å². The first-order valence-electron chi connectivity index (χ1n) is 6.30. The molecule has 0 spiro atoms. The molecule has 3 heteroatoms. The molecule has 0 aromatic heterocycles. The zero-order chi connectivity index (χ0) is 13.7. The van der Waals surface area contributed by atoms with Gasteiger partial charge in [-0.3, -0.25) is 4.79 Å². The Morgan fingerprint density at radius 1 is 1.05 bits per heavy atom. The number of Topliss-reactive ketones (excluding diaryl/α,β-unsaturated/α-hetero) is 1. The molecule has 2 aromatic rings. The predicted molar refractivity (Wildman–Crippen MR) is 75.0 cm³/mol. The van der Waals surface area contributed by atoms with E-state index in [1.54, 1.807) is 0 Å². The summed E-state index contributed by atoms with van der Waals surface area (Å²) in [6.07, 6.45) is 0.995. The fraction of sp³-hybridized carbons (Fsp3) is 0.188. The second-order valence-electron chi connectivity index (χ2n) is 4.33. The maximum absolute atomic E-state index is 12.7. The van der Waals surface area contributed by atoms with Crippen LogP contribution in [0.5, 0.6) is 0 Å². The quantitative estimate of drug-likeness (QED) is 0.828. The highest BCUT2D eigenvalue weighted by molar-refractivity contribution is 5.98. The number of hydrogen-bond acceptors (Lipinski definition) is 2. The molecule has 2 nitrogen and oxygen atoms in total. The number of rotatable bonds is 5. The molecular weight excluding hydrogens is 241 g/mol. The molecule has 1 N–H and O–H groups in total. The van der Waals surface area contributed by atoms with Crippen LogP contribution in [0, 0.1) is 5.82 Å². The van der Waals surface area contributed by atoms with Crippen molar-refractivity contribution < 1.29 is 9.18 Å². The normalized spacial score (nSPS) is 10.2. The number of aryl methyl sites for hydroxylation is 1. The molecule has 0 saturated carbocycles. The van der Waals surface area contributed by atoms with E-state index in [1.807, 2.05) is 24.3 Å². The van der Waals surface area contributed by atoms with Crippen LogP contribution in [0.4, 0.5) is 10.1 Å². The lowest BCUT2D eigenvalue weighted by molar-refractivity contribution is 0.101. The minimum absolute atomic E-state index is 0.0560. The lowest BCUT2D eigenvalue weighted by atomic mass is 10.1. The minimum Gasteiger partial charge on any atom is -0.378 e. The summed E-state index contributed by atoms with van der Waals surface area (Å²) in [7, 11) is 0. The summed E-state index contributed by atoms with van der Waals surface area (Å²) in [5.41, 5.74) is 2.68. The fourth-order valence-corrected chi connectivity index (χ4v) is 1.78. The van der Waals surface area contributed by atoms with Gasteiger partial charge in [-0.2, -0.15) is 0 Å². The van der Waals surface area contributed by atoms with Gasteiger partial charge in [-0.25, -0.2) is 4.39 Å². The smallest absolute Gasteiger partial charge is 0.181 e. The summed E-state index contributed by atoms with van der Waals surface area (Å²) < 4.78 is 12.7. The van der Waals surface area contributed by atoms with Crippen molar-refractivity contribution in [1.82, 2.24) is 0 Å². The second-order valence-corrected chi connectivity index (χ2v) is 4.33. The van der Waals surface area contributed by atoms with Crippen LogP contribution in [0.15, 0.2) is 48.5 Å². The molecule has 0 radical (unpaired) electrons. The van der Waals surface area contributed by atoms with Crippen molar-refractivity contribution in [1.29, 1.82) is 0 Å². The van der Waals surface area contributed by atoms with Crippen molar-refractivity contribution in [3.63, 3.8) is 0 Å². The molecule has 0 unspecified atom stereocenters. The molecule has 98 valence electrons. The van der Waals surface area contributed by atoms with Crippen molar-refractivity contribution in [2.24, 2.45) is 0 Å². The molecule has 0 aliphatic heterocycles. The van der Waals surface area contributed by atoms with Crippen molar-refractivity contribution in [3.05, 3.63) is 65.5 Å². The largest absolute Gasteiger partial charge is 0.378 e. The first-order chi connectivity index (χ1) is 9.19. The molecule has 2 aromatic carbocycles. The van der Waals surface area contributed by atoms with E-state index < -0.39 is 0 Å². The van der Waals surface area contributed by atoms with Gasteiger partial charge in [-0.15, -0.1) is 0 Å². The third kappa shape index (κ3) is 3.65. The first-order valence-corrected chi connectivity index (χ1v) is 6.30. The van der Waals surface area contributed by atoms with E-state index in [-0.39, 0.29) is 18.1 Å². The Labute approximate surface area is 112 Å². The zero-order valence-electron chi connectivity index (χ0n) is 10.8. The Kier molecular flexibility index (Phi) is 4.29. The standard InChI is InChI=1S/C16H16FNO/c1-2-12-3-9-15(10-4-12)18-11-16(19)13-5-7-14(17)8-6-13/h3-10,18H,2,11H2,1H3. The number of ketones is 1. The average molecular weight is 257 g/mol. The fourth-order valence-electron chi connectivity index (χ4n) is 1.78. The van der Waals surface area contributed by atoms with Gasteiger partial charge in [0, 0.05) is 11.3 Å². The number of anilines is 1. The second kappa shape index (κ2) is 6.14. The monoisotopic (exact) mass is 257 g/mol. The van der Waals surface area contributed by atoms with E-state index >= 15 is 0 Å². The van der Waals surface area contributed by atoms with Gasteiger partial charge in [0.15, 0.2) is 5.78 Å². The predicted octanol–water partition coefficient (Wildman–Crippen LogP) is 3.68. The Balaban J connectivity index is 1.94. The van der Waals surface area contributed by atoms with Gasteiger partial charge in [0.1, 0.15) is 5.82 Å². The highest BCUT2D eigenvalue weighted by Gasteiger charge is 2.05. The Bertz CT molecular complexity index is 546. The van der Waals surface area contributed by atoms with E-state index in [0.29, 0.717) is 5.56 Å². The van der Waals surface area contributed by atoms with E-state index in [9.17, 15) is 9.18 Å². The molecule has 19 heavy (non-hydrogen) atoms. The summed E-state index contributed by atoms with van der Waals surface area (Å²) >= 11 is 0. The molecule has 0 aliphatic rings. The molecule has 0 atom stereocenters. The molecular formula is C16H16FNO. The van der Waals surface area contributed by atoms with Crippen LogP contribution in [-0.4, -0.2) is 12.3 Å². The minimum atomic E-state index is -0.334. The van der Waals surface area contributed by atoms with E-state index in [1.165, 1.54) is 29.8 Å². The summed E-state index contributed by atoms with van der Waals surface area (Å²) in [5, 5.41) is 3.07. The summed E-state index contributed by atoms with van der Waals surface area (Å²) in [5.74, 6) is -0.390. The molecule has 0 fully saturated rings. The Morgan fingerprint density at radius 2 is 1.68 bits per heavy atom. The third-order valence-electron chi connectivity index (χ3n) is 2.98. The van der Waals surface area contributed by atoms with Gasteiger partial charge >= 0.3 is 0 Å². The number of benzene rings is 2. The van der Waals surface area contributed by atoms with Gasteiger partial charge in [-0.05, 0) is 48.4 Å². The highest BCUT2D eigenvalue weighted by Crippen LogP contribution is 2.10. The zero-order valence-corrected chi connectivity index (χ0v) is 10.8. The summed E-state index contributed by atoms with van der Waals surface area (Å²) in [4.78, 5) is 11.9. The average Bonchev–Trinajstić information content (AvgIpc) is 2.46. The third-order valence-corrected chi connectivity index (χ3v) is 2.98. The first kappa shape index (κ1) is 13.3. The maximum Gasteiger partial charge on any atom is 0.181 e. The van der Waals surface area contributed by atoms with Crippen molar-refractivity contribution in [2.45, 2.75) is 13.3 Å². The maximum atomic E-state index is 12.7. The summed E-state index contributed by atoms with van der Waals surface area (Å²) in [6, 6.07) is 13.6. The molecule has 0 bridgehead atoms. The lowest BCUT2D eigenvalue weighted by Crippen LogP contribution is -2.13. The number of hydrogen-bond donors (Lipinski definition) is 1.